The maximum Gasteiger partial charge on any atom is 0.407 e. The number of ketones is 2. The molecule has 0 bridgehead atoms. The summed E-state index contributed by atoms with van der Waals surface area (Å²) in [5.74, 6) is -1.39. The first-order chi connectivity index (χ1) is 31.9. The normalized spacial score (nSPS) is 16.8. The smallest absolute Gasteiger partial charge is 0.407 e. The highest BCUT2D eigenvalue weighted by atomic mass is 16.6. The van der Waals surface area contributed by atoms with Gasteiger partial charge in [-0.3, -0.25) is 34.1 Å². The molecule has 66 heavy (non-hydrogen) atoms. The van der Waals surface area contributed by atoms with Crippen LogP contribution in [0.15, 0.2) is 121 Å². The summed E-state index contributed by atoms with van der Waals surface area (Å²) in [7, 11) is 1.22. The molecule has 0 radical (unpaired) electrons. The number of aromatic nitrogens is 1. The molecule has 0 unspecified atom stereocenters. The van der Waals surface area contributed by atoms with Gasteiger partial charge in [0.1, 0.15) is 12.1 Å². The second kappa shape index (κ2) is 19.6. The predicted molar refractivity (Wildman–Crippen MR) is 246 cm³/mol. The number of fused-ring (bicyclic) bond motifs is 3. The number of alkyl carbamates (subject to hydrolysis) is 1. The van der Waals surface area contributed by atoms with E-state index in [9.17, 15) is 38.9 Å². The third-order valence-electron chi connectivity index (χ3n) is 12.6. The van der Waals surface area contributed by atoms with Gasteiger partial charge in [0.15, 0.2) is 11.6 Å². The number of nitro groups is 1. The summed E-state index contributed by atoms with van der Waals surface area (Å²) in [6, 6.07) is 32.4. The van der Waals surface area contributed by atoms with Crippen LogP contribution in [0.2, 0.25) is 0 Å². The fourth-order valence-corrected chi connectivity index (χ4v) is 9.47. The minimum Gasteiger partial charge on any atom is -0.453 e. The molecule has 2 aliphatic heterocycles. The van der Waals surface area contributed by atoms with Gasteiger partial charge in [-0.05, 0) is 65.6 Å². The molecular weight excluding hydrogens is 841 g/mol. The lowest BCUT2D eigenvalue weighted by molar-refractivity contribution is -0.384. The first-order valence-electron chi connectivity index (χ1n) is 22.0. The van der Waals surface area contributed by atoms with E-state index in [2.05, 4.69) is 10.6 Å². The van der Waals surface area contributed by atoms with E-state index in [0.717, 1.165) is 21.8 Å². The van der Waals surface area contributed by atoms with Crippen LogP contribution >= 0.6 is 0 Å². The van der Waals surface area contributed by atoms with Gasteiger partial charge in [0.25, 0.3) is 11.6 Å². The number of nitrogens with zero attached hydrogens (tertiary/aromatic N) is 4. The van der Waals surface area contributed by atoms with E-state index < -0.39 is 41.1 Å². The van der Waals surface area contributed by atoms with Crippen LogP contribution in [0.25, 0.3) is 21.8 Å². The number of hydrogen-bond donors (Lipinski definition) is 2. The number of benzene rings is 5. The Morgan fingerprint density at radius 1 is 0.652 bits per heavy atom. The standard InChI is InChI=1S/C51H50N6O9/c1-32(58)52-47(36-13-5-3-6-14-36)49(61)54-24-10-18-41(54)45(59)29-33-20-22-39-40-23-21-34(28-44(40)56(43(39)27-33)31-35-12-9-17-38(26-35)57(64)65)30-46(60)42-19-11-25-55(42)50(62)48(53-51(63)66-2)37-15-7-4-8-16-37/h3-9,12-17,20-23,26-28,41-42,47-48H,10-11,18-19,24-25,29-31H2,1-2H3,(H,52,58)(H,53,63)/t41-,42-,47+,48+/m0/s1. The molecule has 0 aliphatic carbocycles. The van der Waals surface area contributed by atoms with Crippen molar-refractivity contribution in [2.24, 2.45) is 0 Å². The Bertz CT molecular complexity index is 2840. The first-order valence-corrected chi connectivity index (χ1v) is 22.0. The maximum atomic E-state index is 14.2. The number of rotatable bonds is 15. The van der Waals surface area contributed by atoms with Crippen molar-refractivity contribution in [3.05, 3.63) is 159 Å². The third-order valence-corrected chi connectivity index (χ3v) is 12.6. The quantitative estimate of drug-likeness (QED) is 0.0814. The fraction of sp³-hybridized carbons (Fsp3) is 0.294. The number of likely N-dealkylation sites (tertiary alicyclic amines) is 2. The van der Waals surface area contributed by atoms with Crippen molar-refractivity contribution in [1.82, 2.24) is 25.0 Å². The number of nitrogens with one attached hydrogen (secondary N) is 2. The molecule has 2 N–H and O–H groups in total. The zero-order chi connectivity index (χ0) is 46.5. The van der Waals surface area contributed by atoms with Crippen LogP contribution < -0.4 is 10.6 Å². The number of nitro benzene ring substituents is 1. The molecule has 1 aromatic heterocycles. The monoisotopic (exact) mass is 890 g/mol. The number of amides is 4. The lowest BCUT2D eigenvalue weighted by atomic mass is 9.98. The van der Waals surface area contributed by atoms with Gasteiger partial charge < -0.3 is 29.7 Å². The second-order valence-corrected chi connectivity index (χ2v) is 16.9. The molecular formula is C51H50N6O9. The first kappa shape index (κ1) is 44.9. The Labute approximate surface area is 380 Å². The van der Waals surface area contributed by atoms with Crippen molar-refractivity contribution in [3.8, 4) is 0 Å². The van der Waals surface area contributed by atoms with Crippen molar-refractivity contribution in [1.29, 1.82) is 0 Å². The highest BCUT2D eigenvalue weighted by Gasteiger charge is 2.39. The summed E-state index contributed by atoms with van der Waals surface area (Å²) in [4.78, 5) is 95.4. The Morgan fingerprint density at radius 2 is 1.15 bits per heavy atom. The molecule has 5 aromatic carbocycles. The number of Topliss-reactive ketones (excluding diaryl/α,β-unsaturated/α-hetero) is 2. The molecule has 4 amide bonds. The van der Waals surface area contributed by atoms with Gasteiger partial charge in [-0.2, -0.15) is 0 Å². The number of ether oxygens (including phenoxy) is 1. The average molecular weight is 891 g/mol. The predicted octanol–water partition coefficient (Wildman–Crippen LogP) is 6.93. The molecule has 2 saturated heterocycles. The third kappa shape index (κ3) is 9.55. The molecule has 2 fully saturated rings. The molecule has 15 nitrogen and oxygen atoms in total. The van der Waals surface area contributed by atoms with E-state index in [1.165, 1.54) is 26.2 Å². The molecule has 0 spiro atoms. The number of hydrogen-bond acceptors (Lipinski definition) is 9. The van der Waals surface area contributed by atoms with Crippen LogP contribution in [0.4, 0.5) is 10.5 Å². The summed E-state index contributed by atoms with van der Waals surface area (Å²) in [6.45, 7) is 2.33. The summed E-state index contributed by atoms with van der Waals surface area (Å²) in [5, 5.41) is 19.0. The van der Waals surface area contributed by atoms with Crippen LogP contribution in [0.3, 0.4) is 0 Å². The van der Waals surface area contributed by atoms with Crippen molar-refractivity contribution >= 4 is 62.9 Å². The molecule has 6 aromatic rings. The largest absolute Gasteiger partial charge is 0.453 e. The van der Waals surface area contributed by atoms with Gasteiger partial charge >= 0.3 is 6.09 Å². The van der Waals surface area contributed by atoms with Gasteiger partial charge in [-0.25, -0.2) is 4.79 Å². The van der Waals surface area contributed by atoms with Gasteiger partial charge in [-0.15, -0.1) is 0 Å². The van der Waals surface area contributed by atoms with E-state index in [-0.39, 0.29) is 48.5 Å². The molecule has 8 rings (SSSR count). The molecule has 15 heteroatoms. The Kier molecular flexibility index (Phi) is 13.3. The van der Waals surface area contributed by atoms with Crippen LogP contribution in [0.5, 0.6) is 0 Å². The van der Waals surface area contributed by atoms with Crippen LogP contribution in [0.1, 0.15) is 72.5 Å². The summed E-state index contributed by atoms with van der Waals surface area (Å²) in [6.07, 6.45) is 1.51. The van der Waals surface area contributed by atoms with Gasteiger partial charge in [-0.1, -0.05) is 97.1 Å². The number of carbonyl (C=O) groups is 6. The van der Waals surface area contributed by atoms with E-state index in [1.807, 2.05) is 53.1 Å². The summed E-state index contributed by atoms with van der Waals surface area (Å²) < 4.78 is 6.85. The summed E-state index contributed by atoms with van der Waals surface area (Å²) in [5.41, 5.74) is 4.78. The van der Waals surface area contributed by atoms with E-state index in [4.69, 9.17) is 4.74 Å². The number of non-ortho nitro benzene ring substituents is 1. The van der Waals surface area contributed by atoms with Crippen molar-refractivity contribution in [3.63, 3.8) is 0 Å². The highest BCUT2D eigenvalue weighted by molar-refractivity contribution is 6.09. The van der Waals surface area contributed by atoms with Crippen LogP contribution in [-0.4, -0.2) is 87.0 Å². The minimum absolute atomic E-state index is 0.0204. The molecule has 338 valence electrons. The maximum absolute atomic E-state index is 14.2. The average Bonchev–Trinajstić information content (AvgIpc) is 4.09. The van der Waals surface area contributed by atoms with E-state index in [0.29, 0.717) is 66.6 Å². The fourth-order valence-electron chi connectivity index (χ4n) is 9.47. The van der Waals surface area contributed by atoms with Gasteiger partial charge in [0.05, 0.1) is 24.1 Å². The zero-order valence-electron chi connectivity index (χ0n) is 36.7. The Balaban J connectivity index is 1.08. The molecule has 2 aliphatic rings. The lowest BCUT2D eigenvalue weighted by Gasteiger charge is -2.28. The second-order valence-electron chi connectivity index (χ2n) is 16.9. The van der Waals surface area contributed by atoms with Gasteiger partial charge in [0.2, 0.25) is 11.8 Å². The van der Waals surface area contributed by atoms with Crippen molar-refractivity contribution < 1.29 is 38.4 Å². The molecule has 4 atom stereocenters. The van der Waals surface area contributed by atoms with Crippen LogP contribution in [-0.2, 0) is 48.1 Å². The number of methoxy groups -OCH3 is 1. The van der Waals surface area contributed by atoms with E-state index in [1.54, 1.807) is 70.5 Å². The van der Waals surface area contributed by atoms with Gasteiger partial charge in [0, 0.05) is 73.3 Å². The Morgan fingerprint density at radius 3 is 1.62 bits per heavy atom. The molecule has 3 heterocycles. The topological polar surface area (TPSA) is 190 Å². The molecule has 0 saturated carbocycles. The van der Waals surface area contributed by atoms with Crippen LogP contribution in [0, 0.1) is 10.1 Å². The minimum atomic E-state index is -1.05. The zero-order valence-corrected chi connectivity index (χ0v) is 36.7. The van der Waals surface area contributed by atoms with Crippen molar-refractivity contribution in [2.75, 3.05) is 20.2 Å². The summed E-state index contributed by atoms with van der Waals surface area (Å²) >= 11 is 0. The Hall–Kier alpha value is -7.68. The SMILES string of the molecule is COC(=O)N[C@@H](C(=O)N1CCC[C@H]1C(=O)Cc1ccc2c3ccc(CC(=O)[C@@H]4CCCN4C(=O)[C@H](NC(C)=O)c4ccccc4)cc3n(Cc3cccc([N+](=O)[O-])c3)c2c1)c1ccccc1. The van der Waals surface area contributed by atoms with E-state index >= 15 is 0 Å². The lowest BCUT2D eigenvalue weighted by Crippen LogP contribution is -2.47. The number of carbonyl (C=O) groups excluding carboxylic acids is 6. The highest BCUT2D eigenvalue weighted by Crippen LogP contribution is 2.34. The van der Waals surface area contributed by atoms with Crippen molar-refractivity contribution in [2.45, 2.75) is 76.2 Å².